The van der Waals surface area contributed by atoms with Crippen molar-refractivity contribution < 1.29 is 8.78 Å². The number of nitrogens with one attached hydrogen (secondary N) is 1. The summed E-state index contributed by atoms with van der Waals surface area (Å²) in [6, 6.07) is 7.85. The van der Waals surface area contributed by atoms with Crippen LogP contribution in [-0.4, -0.2) is 67.5 Å². The first-order valence-corrected chi connectivity index (χ1v) is 13.7. The van der Waals surface area contributed by atoms with Crippen LogP contribution in [-0.2, 0) is 13.0 Å². The molecule has 10 heteroatoms. The molecule has 0 aliphatic carbocycles. The van der Waals surface area contributed by atoms with Gasteiger partial charge in [0, 0.05) is 36.8 Å². The van der Waals surface area contributed by atoms with Crippen molar-refractivity contribution in [3.8, 4) is 11.3 Å². The third-order valence-electron chi connectivity index (χ3n) is 8.06. The number of nitrogens with zero attached hydrogens (tertiary/aromatic N) is 7. The Bertz CT molecular complexity index is 1480. The van der Waals surface area contributed by atoms with Crippen molar-refractivity contribution in [1.82, 2.24) is 34.3 Å². The van der Waals surface area contributed by atoms with E-state index in [1.54, 1.807) is 6.07 Å². The highest BCUT2D eigenvalue weighted by molar-refractivity contribution is 5.83. The summed E-state index contributed by atoms with van der Waals surface area (Å²) in [7, 11) is 4.29. The first-order chi connectivity index (χ1) is 18.9. The Balaban J connectivity index is 1.19. The van der Waals surface area contributed by atoms with Crippen molar-refractivity contribution in [2.75, 3.05) is 32.5 Å². The van der Waals surface area contributed by atoms with E-state index in [1.165, 1.54) is 18.9 Å². The summed E-state index contributed by atoms with van der Waals surface area (Å²) in [6.07, 6.45) is 8.13. The molecular weight excluding hydrogens is 498 g/mol. The maximum absolute atomic E-state index is 15.1. The van der Waals surface area contributed by atoms with Crippen molar-refractivity contribution in [3.63, 3.8) is 0 Å². The predicted octanol–water partition coefficient (Wildman–Crippen LogP) is 5.33. The number of fused-ring (bicyclic) bond motifs is 3. The lowest BCUT2D eigenvalue weighted by molar-refractivity contribution is 0.140. The number of aromatic nitrogens is 5. The molecule has 0 bridgehead atoms. The number of halogens is 2. The number of anilines is 2. The third kappa shape index (κ3) is 5.23. The number of imidazole rings is 1. The van der Waals surface area contributed by atoms with Crippen LogP contribution >= 0.6 is 0 Å². The molecule has 204 valence electrons. The highest BCUT2D eigenvalue weighted by Crippen LogP contribution is 2.34. The minimum absolute atomic E-state index is 0.0325. The Morgan fingerprint density at radius 3 is 2.56 bits per heavy atom. The van der Waals surface area contributed by atoms with Gasteiger partial charge < -0.3 is 14.8 Å². The molecule has 6 rings (SSSR count). The normalized spacial score (nSPS) is 18.6. The molecule has 0 amide bonds. The van der Waals surface area contributed by atoms with Gasteiger partial charge in [0.2, 0.25) is 5.95 Å². The quantitative estimate of drug-likeness (QED) is 0.360. The Morgan fingerprint density at radius 1 is 1.00 bits per heavy atom. The number of aryl methyl sites for hydroxylation is 1. The van der Waals surface area contributed by atoms with Gasteiger partial charge in [-0.15, -0.1) is 0 Å². The Hall–Kier alpha value is -3.50. The van der Waals surface area contributed by atoms with Crippen molar-refractivity contribution >= 4 is 22.8 Å². The summed E-state index contributed by atoms with van der Waals surface area (Å²) in [6.45, 7) is 5.10. The van der Waals surface area contributed by atoms with E-state index in [0.717, 1.165) is 56.5 Å². The fourth-order valence-corrected chi connectivity index (χ4v) is 5.88. The molecule has 8 nitrogen and oxygen atoms in total. The molecule has 1 atom stereocenters. The van der Waals surface area contributed by atoms with Crippen LogP contribution in [0.4, 0.5) is 20.5 Å². The van der Waals surface area contributed by atoms with Crippen LogP contribution < -0.4 is 5.32 Å². The molecule has 0 saturated carbocycles. The van der Waals surface area contributed by atoms with Gasteiger partial charge in [0.15, 0.2) is 11.6 Å². The summed E-state index contributed by atoms with van der Waals surface area (Å²) < 4.78 is 32.1. The summed E-state index contributed by atoms with van der Waals surface area (Å²) in [5.41, 5.74) is 2.51. The molecule has 1 fully saturated rings. The van der Waals surface area contributed by atoms with Gasteiger partial charge in [-0.3, -0.25) is 4.90 Å². The number of hydrogen-bond acceptors (Lipinski definition) is 7. The van der Waals surface area contributed by atoms with Crippen LogP contribution in [0.15, 0.2) is 36.7 Å². The molecule has 3 aromatic heterocycles. The van der Waals surface area contributed by atoms with E-state index in [4.69, 9.17) is 0 Å². The molecule has 39 heavy (non-hydrogen) atoms. The monoisotopic (exact) mass is 532 g/mol. The van der Waals surface area contributed by atoms with E-state index >= 15 is 4.39 Å². The van der Waals surface area contributed by atoms with Crippen LogP contribution in [0.5, 0.6) is 0 Å². The second-order valence-electron chi connectivity index (χ2n) is 11.0. The van der Waals surface area contributed by atoms with Gasteiger partial charge in [-0.1, -0.05) is 6.07 Å². The fourth-order valence-electron chi connectivity index (χ4n) is 5.88. The smallest absolute Gasteiger partial charge is 0.229 e. The zero-order valence-electron chi connectivity index (χ0n) is 22.7. The average Bonchev–Trinajstić information content (AvgIpc) is 3.32. The summed E-state index contributed by atoms with van der Waals surface area (Å²) in [5.74, 6) is 0.529. The molecule has 2 aliphatic rings. The van der Waals surface area contributed by atoms with Gasteiger partial charge in [0.05, 0.1) is 11.7 Å². The van der Waals surface area contributed by atoms with Gasteiger partial charge in [0.25, 0.3) is 0 Å². The van der Waals surface area contributed by atoms with E-state index < -0.39 is 11.6 Å². The minimum atomic E-state index is -0.618. The number of pyridine rings is 1. The number of benzene rings is 1. The standard InChI is InChI=1S/C29H34F2N8/c1-18-5-4-6-26-35-28-22(30)13-20(14-24(28)39(18)26)27-23(31)16-33-29(36-27)34-25-8-7-19(15-32-25)17-38-11-9-21(10-12-38)37(2)3/h7-8,13-16,18,21H,4-6,9-12,17H2,1-3H3,(H,32,33,34,36). The fraction of sp³-hybridized carbons (Fsp3) is 0.448. The maximum Gasteiger partial charge on any atom is 0.229 e. The van der Waals surface area contributed by atoms with Crippen LogP contribution in [0.3, 0.4) is 0 Å². The van der Waals surface area contributed by atoms with Crippen molar-refractivity contribution in [2.24, 2.45) is 0 Å². The van der Waals surface area contributed by atoms with Gasteiger partial charge >= 0.3 is 0 Å². The lowest BCUT2D eigenvalue weighted by Crippen LogP contribution is -2.41. The van der Waals surface area contributed by atoms with Gasteiger partial charge in [-0.05, 0) is 83.6 Å². The molecule has 5 heterocycles. The van der Waals surface area contributed by atoms with Gasteiger partial charge in [0.1, 0.15) is 22.9 Å². The summed E-state index contributed by atoms with van der Waals surface area (Å²) >= 11 is 0. The lowest BCUT2D eigenvalue weighted by Gasteiger charge is -2.35. The average molecular weight is 533 g/mol. The zero-order valence-corrected chi connectivity index (χ0v) is 22.7. The van der Waals surface area contributed by atoms with E-state index in [2.05, 4.69) is 60.6 Å². The molecule has 4 aromatic rings. The molecule has 1 aromatic carbocycles. The van der Waals surface area contributed by atoms with Crippen LogP contribution in [0.1, 0.15) is 50.0 Å². The van der Waals surface area contributed by atoms with Gasteiger partial charge in [-0.2, -0.15) is 0 Å². The van der Waals surface area contributed by atoms with Crippen molar-refractivity contribution in [3.05, 3.63) is 59.7 Å². The molecule has 0 spiro atoms. The molecule has 1 N–H and O–H groups in total. The Kier molecular flexibility index (Phi) is 6.99. The predicted molar refractivity (Wildman–Crippen MR) is 148 cm³/mol. The van der Waals surface area contributed by atoms with E-state index in [1.807, 2.05) is 18.3 Å². The highest BCUT2D eigenvalue weighted by atomic mass is 19.1. The van der Waals surface area contributed by atoms with Crippen LogP contribution in [0.2, 0.25) is 0 Å². The summed E-state index contributed by atoms with van der Waals surface area (Å²) in [4.78, 5) is 22.3. The highest BCUT2D eigenvalue weighted by Gasteiger charge is 2.24. The molecule has 1 saturated heterocycles. The van der Waals surface area contributed by atoms with Crippen molar-refractivity contribution in [2.45, 2.75) is 57.7 Å². The van der Waals surface area contributed by atoms with E-state index in [-0.39, 0.29) is 17.7 Å². The number of likely N-dealkylation sites (tertiary alicyclic amines) is 1. The summed E-state index contributed by atoms with van der Waals surface area (Å²) in [5, 5.41) is 3.06. The Labute approximate surface area is 227 Å². The Morgan fingerprint density at radius 2 is 1.82 bits per heavy atom. The van der Waals surface area contributed by atoms with E-state index in [0.29, 0.717) is 28.5 Å². The lowest BCUT2D eigenvalue weighted by atomic mass is 10.0. The topological polar surface area (TPSA) is 75.0 Å². The van der Waals surface area contributed by atoms with E-state index in [9.17, 15) is 4.39 Å². The zero-order chi connectivity index (χ0) is 27.1. The van der Waals surface area contributed by atoms with Crippen LogP contribution in [0, 0.1) is 11.6 Å². The second-order valence-corrected chi connectivity index (χ2v) is 11.0. The molecule has 0 radical (unpaired) electrons. The number of piperidine rings is 1. The number of hydrogen-bond donors (Lipinski definition) is 1. The third-order valence-corrected chi connectivity index (χ3v) is 8.06. The molecule has 1 unspecified atom stereocenters. The largest absolute Gasteiger partial charge is 0.325 e. The van der Waals surface area contributed by atoms with Crippen LogP contribution in [0.25, 0.3) is 22.3 Å². The SMILES string of the molecule is CC1CCCc2nc3c(F)cc(-c4nc(Nc5ccc(CN6CCC(N(C)C)CC6)cn5)ncc4F)cc3n21. The maximum atomic E-state index is 15.1. The van der Waals surface area contributed by atoms with Gasteiger partial charge in [-0.25, -0.2) is 28.7 Å². The second kappa shape index (κ2) is 10.6. The van der Waals surface area contributed by atoms with Crippen molar-refractivity contribution in [1.29, 1.82) is 0 Å². The first-order valence-electron chi connectivity index (χ1n) is 13.7. The molecular formula is C29H34F2N8. The number of rotatable bonds is 6. The molecule has 2 aliphatic heterocycles. The first kappa shape index (κ1) is 25.8. The minimum Gasteiger partial charge on any atom is -0.325 e.